The Balaban J connectivity index is 2.00. The molecule has 104 valence electrons. The molecule has 1 atom stereocenters. The average molecular weight is 334 g/mol. The molecule has 2 rings (SSSR count). The van der Waals surface area contributed by atoms with Crippen LogP contribution in [0.4, 0.5) is 5.82 Å². The van der Waals surface area contributed by atoms with Crippen molar-refractivity contribution in [3.05, 3.63) is 58.2 Å². The van der Waals surface area contributed by atoms with Crippen LogP contribution in [0.5, 0.6) is 0 Å². The van der Waals surface area contributed by atoms with Crippen LogP contribution in [0, 0.1) is 0 Å². The van der Waals surface area contributed by atoms with Crippen LogP contribution in [0.15, 0.2) is 47.1 Å². The molecule has 0 saturated carbocycles. The van der Waals surface area contributed by atoms with Crippen molar-refractivity contribution in [3.8, 4) is 0 Å². The summed E-state index contributed by atoms with van der Waals surface area (Å²) in [6.45, 7) is 2.62. The van der Waals surface area contributed by atoms with Crippen LogP contribution >= 0.6 is 15.9 Å². The number of nitrogen functional groups attached to an aromatic ring is 1. The first-order chi connectivity index (χ1) is 9.58. The Kier molecular flexibility index (Phi) is 4.74. The van der Waals surface area contributed by atoms with Crippen LogP contribution in [0.1, 0.15) is 28.8 Å². The summed E-state index contributed by atoms with van der Waals surface area (Å²) in [4.78, 5) is 16.1. The normalized spacial score (nSPS) is 11.9. The molecule has 0 fully saturated rings. The predicted molar refractivity (Wildman–Crippen MR) is 83.5 cm³/mol. The van der Waals surface area contributed by atoms with Gasteiger partial charge in [-0.25, -0.2) is 4.98 Å². The van der Waals surface area contributed by atoms with E-state index in [1.807, 2.05) is 30.3 Å². The minimum Gasteiger partial charge on any atom is -0.383 e. The summed E-state index contributed by atoms with van der Waals surface area (Å²) in [7, 11) is 0. The van der Waals surface area contributed by atoms with Crippen LogP contribution in [0.3, 0.4) is 0 Å². The van der Waals surface area contributed by atoms with Gasteiger partial charge in [0.1, 0.15) is 5.82 Å². The van der Waals surface area contributed by atoms with Gasteiger partial charge in [-0.05, 0) is 33.5 Å². The van der Waals surface area contributed by atoms with Crippen molar-refractivity contribution in [2.45, 2.75) is 12.8 Å². The molecule has 0 aliphatic carbocycles. The van der Waals surface area contributed by atoms with E-state index in [0.717, 1.165) is 4.47 Å². The third kappa shape index (κ3) is 3.57. The molecular formula is C15H16BrN3O. The number of nitrogens with two attached hydrogens (primary N) is 1. The standard InChI is InChI=1S/C15H16BrN3O/c1-10(11-5-3-2-4-6-11)8-19-15(20)13-7-12(16)9-18-14(13)17/h2-7,9-10H,8H2,1H3,(H2,17,18)(H,19,20). The van der Waals surface area contributed by atoms with E-state index in [-0.39, 0.29) is 17.6 Å². The molecule has 0 aliphatic rings. The van der Waals surface area contributed by atoms with E-state index in [1.165, 1.54) is 5.56 Å². The Morgan fingerprint density at radius 1 is 1.40 bits per heavy atom. The molecule has 1 unspecified atom stereocenters. The van der Waals surface area contributed by atoms with Gasteiger partial charge in [0.2, 0.25) is 0 Å². The molecule has 0 bridgehead atoms. The number of carbonyl (C=O) groups is 1. The zero-order chi connectivity index (χ0) is 14.5. The lowest BCUT2D eigenvalue weighted by Gasteiger charge is -2.13. The Morgan fingerprint density at radius 2 is 2.10 bits per heavy atom. The van der Waals surface area contributed by atoms with Gasteiger partial charge in [0.25, 0.3) is 5.91 Å². The predicted octanol–water partition coefficient (Wildman–Crippen LogP) is 2.96. The summed E-state index contributed by atoms with van der Waals surface area (Å²) in [5.41, 5.74) is 7.29. The first kappa shape index (κ1) is 14.5. The highest BCUT2D eigenvalue weighted by Crippen LogP contribution is 2.16. The van der Waals surface area contributed by atoms with Crippen molar-refractivity contribution >= 4 is 27.7 Å². The minimum atomic E-state index is -0.209. The lowest BCUT2D eigenvalue weighted by Crippen LogP contribution is -2.28. The van der Waals surface area contributed by atoms with Crippen molar-refractivity contribution in [1.82, 2.24) is 10.3 Å². The third-order valence-electron chi connectivity index (χ3n) is 3.07. The zero-order valence-corrected chi connectivity index (χ0v) is 12.7. The summed E-state index contributed by atoms with van der Waals surface area (Å²) in [6.07, 6.45) is 1.57. The van der Waals surface area contributed by atoms with E-state index in [4.69, 9.17) is 5.73 Å². The van der Waals surface area contributed by atoms with Crippen molar-refractivity contribution in [1.29, 1.82) is 0 Å². The highest BCUT2D eigenvalue weighted by atomic mass is 79.9. The molecule has 20 heavy (non-hydrogen) atoms. The van der Waals surface area contributed by atoms with E-state index in [2.05, 4.69) is 33.2 Å². The molecule has 1 heterocycles. The van der Waals surface area contributed by atoms with Crippen LogP contribution in [-0.4, -0.2) is 17.4 Å². The maximum atomic E-state index is 12.1. The first-order valence-electron chi connectivity index (χ1n) is 6.32. The summed E-state index contributed by atoms with van der Waals surface area (Å²) in [6, 6.07) is 11.7. The Labute approximate surface area is 126 Å². The van der Waals surface area contributed by atoms with E-state index in [1.54, 1.807) is 12.3 Å². The van der Waals surface area contributed by atoms with Crippen molar-refractivity contribution in [2.75, 3.05) is 12.3 Å². The number of carbonyl (C=O) groups excluding carboxylic acids is 1. The monoisotopic (exact) mass is 333 g/mol. The molecule has 1 aromatic carbocycles. The number of amides is 1. The number of rotatable bonds is 4. The SMILES string of the molecule is CC(CNC(=O)c1cc(Br)cnc1N)c1ccccc1. The van der Waals surface area contributed by atoms with Gasteiger partial charge >= 0.3 is 0 Å². The summed E-state index contributed by atoms with van der Waals surface area (Å²) in [5, 5.41) is 2.89. The number of halogens is 1. The summed E-state index contributed by atoms with van der Waals surface area (Å²) < 4.78 is 0.730. The Hall–Kier alpha value is -1.88. The largest absolute Gasteiger partial charge is 0.383 e. The number of hydrogen-bond donors (Lipinski definition) is 2. The highest BCUT2D eigenvalue weighted by molar-refractivity contribution is 9.10. The number of pyridine rings is 1. The maximum Gasteiger partial charge on any atom is 0.255 e. The van der Waals surface area contributed by atoms with Gasteiger partial charge in [-0.3, -0.25) is 4.79 Å². The smallest absolute Gasteiger partial charge is 0.255 e. The van der Waals surface area contributed by atoms with Crippen LogP contribution in [0.25, 0.3) is 0 Å². The van der Waals surface area contributed by atoms with E-state index < -0.39 is 0 Å². The van der Waals surface area contributed by atoms with E-state index in [0.29, 0.717) is 12.1 Å². The number of anilines is 1. The fraction of sp³-hybridized carbons (Fsp3) is 0.200. The number of nitrogens with one attached hydrogen (secondary N) is 1. The molecule has 3 N–H and O–H groups in total. The molecule has 0 aliphatic heterocycles. The molecule has 4 nitrogen and oxygen atoms in total. The van der Waals surface area contributed by atoms with Crippen molar-refractivity contribution in [3.63, 3.8) is 0 Å². The third-order valence-corrected chi connectivity index (χ3v) is 3.50. The molecule has 0 radical (unpaired) electrons. The molecule has 0 spiro atoms. The zero-order valence-electron chi connectivity index (χ0n) is 11.1. The lowest BCUT2D eigenvalue weighted by atomic mass is 10.0. The average Bonchev–Trinajstić information content (AvgIpc) is 2.47. The van der Waals surface area contributed by atoms with Gasteiger partial charge in [0, 0.05) is 17.2 Å². The second-order valence-corrected chi connectivity index (χ2v) is 5.52. The van der Waals surface area contributed by atoms with Gasteiger partial charge in [-0.2, -0.15) is 0 Å². The number of nitrogens with zero attached hydrogens (tertiary/aromatic N) is 1. The highest BCUT2D eigenvalue weighted by Gasteiger charge is 2.13. The molecule has 1 aromatic heterocycles. The first-order valence-corrected chi connectivity index (χ1v) is 7.11. The minimum absolute atomic E-state index is 0.209. The summed E-state index contributed by atoms with van der Waals surface area (Å²) in [5.74, 6) is 0.263. The summed E-state index contributed by atoms with van der Waals surface area (Å²) >= 11 is 3.28. The van der Waals surface area contributed by atoms with Crippen LogP contribution in [-0.2, 0) is 0 Å². The van der Waals surface area contributed by atoms with Gasteiger partial charge in [-0.15, -0.1) is 0 Å². The van der Waals surface area contributed by atoms with Gasteiger partial charge in [0.15, 0.2) is 0 Å². The van der Waals surface area contributed by atoms with Gasteiger partial charge in [-0.1, -0.05) is 37.3 Å². The van der Waals surface area contributed by atoms with Crippen molar-refractivity contribution < 1.29 is 4.79 Å². The maximum absolute atomic E-state index is 12.1. The Bertz CT molecular complexity index is 601. The number of aromatic nitrogens is 1. The number of benzene rings is 1. The van der Waals surface area contributed by atoms with Gasteiger partial charge in [0.05, 0.1) is 5.56 Å². The second kappa shape index (κ2) is 6.52. The fourth-order valence-electron chi connectivity index (χ4n) is 1.87. The molecule has 2 aromatic rings. The molecular weight excluding hydrogens is 318 g/mol. The van der Waals surface area contributed by atoms with Crippen molar-refractivity contribution in [2.24, 2.45) is 0 Å². The van der Waals surface area contributed by atoms with Crippen LogP contribution < -0.4 is 11.1 Å². The van der Waals surface area contributed by atoms with Crippen LogP contribution in [0.2, 0.25) is 0 Å². The lowest BCUT2D eigenvalue weighted by molar-refractivity contribution is 0.0952. The quantitative estimate of drug-likeness (QED) is 0.903. The van der Waals surface area contributed by atoms with E-state index >= 15 is 0 Å². The number of hydrogen-bond acceptors (Lipinski definition) is 3. The molecule has 5 heteroatoms. The fourth-order valence-corrected chi connectivity index (χ4v) is 2.20. The topological polar surface area (TPSA) is 68.0 Å². The molecule has 0 saturated heterocycles. The van der Waals surface area contributed by atoms with E-state index in [9.17, 15) is 4.79 Å². The molecule has 1 amide bonds. The Morgan fingerprint density at radius 3 is 2.80 bits per heavy atom. The second-order valence-electron chi connectivity index (χ2n) is 4.61. The van der Waals surface area contributed by atoms with Gasteiger partial charge < -0.3 is 11.1 Å².